The minimum Gasteiger partial charge on any atom is -0.444 e. The third-order valence-electron chi connectivity index (χ3n) is 3.01. The van der Waals surface area contributed by atoms with Crippen LogP contribution >= 0.6 is 15.9 Å². The van der Waals surface area contributed by atoms with Crippen LogP contribution in [-0.4, -0.2) is 34.7 Å². The molecule has 0 spiro atoms. The Hall–Kier alpha value is -1.10. The SMILES string of the molecule is CC(C)(C)OC(=O)N1CC[C@@H](c2ccc(Br)cn2)C1. The normalized spacial score (nSPS) is 19.6. The van der Waals surface area contributed by atoms with Crippen LogP contribution in [0.5, 0.6) is 0 Å². The molecular weight excluding hydrogens is 308 g/mol. The Kier molecular flexibility index (Phi) is 4.13. The summed E-state index contributed by atoms with van der Waals surface area (Å²) in [6.07, 6.45) is 2.51. The maximum absolute atomic E-state index is 12.0. The van der Waals surface area contributed by atoms with Crippen molar-refractivity contribution in [1.82, 2.24) is 9.88 Å². The molecule has 0 aromatic carbocycles. The first-order valence-electron chi connectivity index (χ1n) is 6.44. The number of nitrogens with zero attached hydrogens (tertiary/aromatic N) is 2. The van der Waals surface area contributed by atoms with E-state index in [4.69, 9.17) is 4.74 Å². The standard InChI is InChI=1S/C14H19BrN2O2/c1-14(2,3)19-13(18)17-7-6-10(9-17)12-5-4-11(15)8-16-12/h4-5,8,10H,6-7,9H2,1-3H3/t10-/m1/s1. The van der Waals surface area contributed by atoms with Crippen LogP contribution in [0, 0.1) is 0 Å². The molecule has 0 unspecified atom stereocenters. The predicted molar refractivity (Wildman–Crippen MR) is 77.1 cm³/mol. The second kappa shape index (κ2) is 5.49. The number of carbonyl (C=O) groups is 1. The van der Waals surface area contributed by atoms with E-state index in [2.05, 4.69) is 20.9 Å². The van der Waals surface area contributed by atoms with E-state index >= 15 is 0 Å². The molecule has 1 amide bonds. The van der Waals surface area contributed by atoms with Gasteiger partial charge >= 0.3 is 6.09 Å². The first-order chi connectivity index (χ1) is 8.85. The van der Waals surface area contributed by atoms with E-state index < -0.39 is 5.60 Å². The van der Waals surface area contributed by atoms with Crippen LogP contribution in [-0.2, 0) is 4.74 Å². The fourth-order valence-corrected chi connectivity index (χ4v) is 2.36. The summed E-state index contributed by atoms with van der Waals surface area (Å²) in [5.41, 5.74) is 0.597. The highest BCUT2D eigenvalue weighted by molar-refractivity contribution is 9.10. The van der Waals surface area contributed by atoms with Gasteiger partial charge in [-0.15, -0.1) is 0 Å². The third-order valence-corrected chi connectivity index (χ3v) is 3.48. The van der Waals surface area contributed by atoms with Crippen molar-refractivity contribution in [1.29, 1.82) is 0 Å². The van der Waals surface area contributed by atoms with E-state index in [9.17, 15) is 4.79 Å². The Balaban J connectivity index is 1.96. The number of amides is 1. The van der Waals surface area contributed by atoms with Crippen molar-refractivity contribution in [2.75, 3.05) is 13.1 Å². The highest BCUT2D eigenvalue weighted by Gasteiger charge is 2.30. The van der Waals surface area contributed by atoms with Crippen LogP contribution in [0.1, 0.15) is 38.8 Å². The van der Waals surface area contributed by atoms with E-state index in [0.29, 0.717) is 12.5 Å². The van der Waals surface area contributed by atoms with E-state index in [1.165, 1.54) is 0 Å². The van der Waals surface area contributed by atoms with Gasteiger partial charge in [0.15, 0.2) is 0 Å². The lowest BCUT2D eigenvalue weighted by Crippen LogP contribution is -2.35. The smallest absolute Gasteiger partial charge is 0.410 e. The number of hydrogen-bond donors (Lipinski definition) is 0. The largest absolute Gasteiger partial charge is 0.444 e. The van der Waals surface area contributed by atoms with Gasteiger partial charge in [-0.3, -0.25) is 4.98 Å². The molecule has 0 aliphatic carbocycles. The molecule has 4 nitrogen and oxygen atoms in total. The number of ether oxygens (including phenoxy) is 1. The third kappa shape index (κ3) is 3.93. The molecule has 1 aromatic heterocycles. The Bertz CT molecular complexity index is 454. The number of pyridine rings is 1. The summed E-state index contributed by atoms with van der Waals surface area (Å²) in [5.74, 6) is 0.306. The fourth-order valence-electron chi connectivity index (χ4n) is 2.12. The van der Waals surface area contributed by atoms with Crippen molar-refractivity contribution in [3.63, 3.8) is 0 Å². The van der Waals surface area contributed by atoms with E-state index in [1.807, 2.05) is 32.9 Å². The van der Waals surface area contributed by atoms with Crippen LogP contribution in [0.25, 0.3) is 0 Å². The Morgan fingerprint density at radius 2 is 2.21 bits per heavy atom. The molecule has 19 heavy (non-hydrogen) atoms. The van der Waals surface area contributed by atoms with Crippen molar-refractivity contribution in [2.45, 2.75) is 38.7 Å². The molecule has 2 heterocycles. The number of aromatic nitrogens is 1. The summed E-state index contributed by atoms with van der Waals surface area (Å²) < 4.78 is 6.35. The van der Waals surface area contributed by atoms with E-state index in [-0.39, 0.29) is 6.09 Å². The number of rotatable bonds is 1. The van der Waals surface area contributed by atoms with Crippen molar-refractivity contribution in [3.8, 4) is 0 Å². The quantitative estimate of drug-likeness (QED) is 0.792. The predicted octanol–water partition coefficient (Wildman–Crippen LogP) is 3.57. The molecule has 1 fully saturated rings. The van der Waals surface area contributed by atoms with Crippen molar-refractivity contribution in [2.24, 2.45) is 0 Å². The van der Waals surface area contributed by atoms with E-state index in [1.54, 1.807) is 11.1 Å². The van der Waals surface area contributed by atoms with Crippen LogP contribution in [0.2, 0.25) is 0 Å². The zero-order chi connectivity index (χ0) is 14.0. The number of halogens is 1. The van der Waals surface area contributed by atoms with Crippen molar-refractivity contribution < 1.29 is 9.53 Å². The van der Waals surface area contributed by atoms with Gasteiger partial charge in [0.1, 0.15) is 5.60 Å². The summed E-state index contributed by atoms with van der Waals surface area (Å²) in [7, 11) is 0. The lowest BCUT2D eigenvalue weighted by Gasteiger charge is -2.24. The first-order valence-corrected chi connectivity index (χ1v) is 7.24. The van der Waals surface area contributed by atoms with Crippen molar-refractivity contribution in [3.05, 3.63) is 28.5 Å². The summed E-state index contributed by atoms with van der Waals surface area (Å²) in [6.45, 7) is 7.07. The van der Waals surface area contributed by atoms with Gasteiger partial charge in [-0.2, -0.15) is 0 Å². The number of likely N-dealkylation sites (tertiary alicyclic amines) is 1. The lowest BCUT2D eigenvalue weighted by atomic mass is 10.0. The molecule has 1 saturated heterocycles. The van der Waals surface area contributed by atoms with Gasteiger partial charge < -0.3 is 9.64 Å². The van der Waals surface area contributed by atoms with Gasteiger partial charge in [0.05, 0.1) is 0 Å². The summed E-state index contributed by atoms with van der Waals surface area (Å²) >= 11 is 3.38. The molecule has 1 atom stereocenters. The highest BCUT2D eigenvalue weighted by Crippen LogP contribution is 2.27. The molecule has 1 aromatic rings. The maximum atomic E-state index is 12.0. The van der Waals surface area contributed by atoms with Crippen LogP contribution < -0.4 is 0 Å². The second-order valence-corrected chi connectivity index (χ2v) is 6.73. The zero-order valence-corrected chi connectivity index (χ0v) is 13.1. The zero-order valence-electron chi connectivity index (χ0n) is 11.5. The Morgan fingerprint density at radius 3 is 2.79 bits per heavy atom. The van der Waals surface area contributed by atoms with Crippen LogP contribution in [0.15, 0.2) is 22.8 Å². The molecule has 0 N–H and O–H groups in total. The average molecular weight is 327 g/mol. The van der Waals surface area contributed by atoms with Crippen molar-refractivity contribution >= 4 is 22.0 Å². The Morgan fingerprint density at radius 1 is 1.47 bits per heavy atom. The van der Waals surface area contributed by atoms with Gasteiger partial charge in [0.25, 0.3) is 0 Å². The minimum absolute atomic E-state index is 0.230. The summed E-state index contributed by atoms with van der Waals surface area (Å²) in [4.78, 5) is 18.1. The molecule has 1 aliphatic heterocycles. The molecule has 104 valence electrons. The Labute approximate surface area is 122 Å². The van der Waals surface area contributed by atoms with Gasteiger partial charge in [-0.25, -0.2) is 4.79 Å². The molecule has 1 aliphatic rings. The lowest BCUT2D eigenvalue weighted by molar-refractivity contribution is 0.0292. The minimum atomic E-state index is -0.439. The van der Waals surface area contributed by atoms with Gasteiger partial charge in [-0.1, -0.05) is 0 Å². The summed E-state index contributed by atoms with van der Waals surface area (Å²) in [6, 6.07) is 3.99. The van der Waals surface area contributed by atoms with Crippen LogP contribution in [0.4, 0.5) is 4.79 Å². The molecule has 2 rings (SSSR count). The molecule has 0 bridgehead atoms. The molecule has 0 saturated carbocycles. The molecular formula is C14H19BrN2O2. The number of carbonyl (C=O) groups excluding carboxylic acids is 1. The molecule has 0 radical (unpaired) electrons. The van der Waals surface area contributed by atoms with Crippen LogP contribution in [0.3, 0.4) is 0 Å². The summed E-state index contributed by atoms with van der Waals surface area (Å²) in [5, 5.41) is 0. The maximum Gasteiger partial charge on any atom is 0.410 e. The fraction of sp³-hybridized carbons (Fsp3) is 0.571. The second-order valence-electron chi connectivity index (χ2n) is 5.81. The van der Waals surface area contributed by atoms with Gasteiger partial charge in [-0.05, 0) is 55.3 Å². The molecule has 5 heteroatoms. The topological polar surface area (TPSA) is 42.4 Å². The average Bonchev–Trinajstić information content (AvgIpc) is 2.77. The van der Waals surface area contributed by atoms with Gasteiger partial charge in [0, 0.05) is 35.4 Å². The monoisotopic (exact) mass is 326 g/mol. The van der Waals surface area contributed by atoms with Gasteiger partial charge in [0.2, 0.25) is 0 Å². The number of hydrogen-bond acceptors (Lipinski definition) is 3. The highest BCUT2D eigenvalue weighted by atomic mass is 79.9. The first kappa shape index (κ1) is 14.3. The van der Waals surface area contributed by atoms with E-state index in [0.717, 1.165) is 23.1 Å².